The Morgan fingerprint density at radius 2 is 2.32 bits per heavy atom. The lowest BCUT2D eigenvalue weighted by Gasteiger charge is -2.04. The number of furan rings is 1. The van der Waals surface area contributed by atoms with Crippen LogP contribution >= 0.6 is 11.8 Å². The largest absolute Gasteiger partial charge is 0.463 e. The van der Waals surface area contributed by atoms with E-state index in [9.17, 15) is 4.79 Å². The van der Waals surface area contributed by atoms with Crippen molar-refractivity contribution in [3.05, 3.63) is 54.0 Å². The summed E-state index contributed by atoms with van der Waals surface area (Å²) in [6.45, 7) is 1.97. The number of amides is 1. The summed E-state index contributed by atoms with van der Waals surface area (Å²) in [6, 6.07) is 11.2. The molecule has 8 nitrogen and oxygen atoms in total. The maximum absolute atomic E-state index is 12.0. The number of carbonyl (C=O) groups excluding carboxylic acids is 1. The number of nitrogens with one attached hydrogen (secondary N) is 3. The van der Waals surface area contributed by atoms with Crippen LogP contribution in [0.1, 0.15) is 11.3 Å². The molecule has 0 saturated heterocycles. The zero-order chi connectivity index (χ0) is 17.5. The van der Waals surface area contributed by atoms with Crippen LogP contribution in [0.25, 0.3) is 0 Å². The van der Waals surface area contributed by atoms with E-state index in [1.54, 1.807) is 18.4 Å². The molecular weight excluding hydrogens is 340 g/mol. The van der Waals surface area contributed by atoms with Crippen molar-refractivity contribution in [3.8, 4) is 0 Å². The molecule has 3 rings (SSSR count). The first kappa shape index (κ1) is 16.8. The summed E-state index contributed by atoms with van der Waals surface area (Å²) in [6.07, 6.45) is 3.08. The molecule has 0 fully saturated rings. The van der Waals surface area contributed by atoms with Crippen molar-refractivity contribution in [2.45, 2.75) is 12.1 Å². The zero-order valence-corrected chi connectivity index (χ0v) is 14.2. The zero-order valence-electron chi connectivity index (χ0n) is 13.4. The highest BCUT2D eigenvalue weighted by Crippen LogP contribution is 2.15. The molecule has 0 aliphatic carbocycles. The third kappa shape index (κ3) is 5.21. The summed E-state index contributed by atoms with van der Waals surface area (Å²) in [7, 11) is 0. The second kappa shape index (κ2) is 8.15. The summed E-state index contributed by atoms with van der Waals surface area (Å²) in [5.74, 6) is 1.09. The molecule has 9 heteroatoms. The molecule has 0 atom stereocenters. The number of benzene rings is 1. The lowest BCUT2D eigenvalue weighted by atomic mass is 10.2. The van der Waals surface area contributed by atoms with Crippen molar-refractivity contribution in [1.82, 2.24) is 15.2 Å². The van der Waals surface area contributed by atoms with Gasteiger partial charge in [-0.2, -0.15) is 10.1 Å². The Morgan fingerprint density at radius 1 is 1.40 bits per heavy atom. The molecule has 25 heavy (non-hydrogen) atoms. The van der Waals surface area contributed by atoms with Gasteiger partial charge >= 0.3 is 0 Å². The number of aromatic nitrogens is 3. The molecule has 128 valence electrons. The Morgan fingerprint density at radius 3 is 3.12 bits per heavy atom. The van der Waals surface area contributed by atoms with Crippen molar-refractivity contribution in [2.75, 3.05) is 16.5 Å². The fraction of sp³-hybridized carbons (Fsp3) is 0.125. The number of anilines is 2. The monoisotopic (exact) mass is 356 g/mol. The molecule has 0 bridgehead atoms. The van der Waals surface area contributed by atoms with Crippen LogP contribution in [0.2, 0.25) is 0 Å². The number of hydrogen-bond donors (Lipinski definition) is 3. The van der Waals surface area contributed by atoms with Gasteiger partial charge in [0.15, 0.2) is 0 Å². The predicted molar refractivity (Wildman–Crippen MR) is 96.8 cm³/mol. The normalized spacial score (nSPS) is 10.9. The highest BCUT2D eigenvalue weighted by Gasteiger charge is 2.08. The number of hydrazone groups is 1. The number of nitrogens with zero attached hydrogens (tertiary/aromatic N) is 3. The van der Waals surface area contributed by atoms with Crippen molar-refractivity contribution >= 4 is 35.5 Å². The number of carbonyl (C=O) groups is 1. The highest BCUT2D eigenvalue weighted by molar-refractivity contribution is 7.99. The van der Waals surface area contributed by atoms with Gasteiger partial charge in [-0.1, -0.05) is 23.9 Å². The topological polar surface area (TPSA) is 108 Å². The van der Waals surface area contributed by atoms with Crippen molar-refractivity contribution in [2.24, 2.45) is 5.10 Å². The van der Waals surface area contributed by atoms with E-state index in [2.05, 4.69) is 31.0 Å². The quantitative estimate of drug-likeness (QED) is 0.341. The molecule has 0 radical (unpaired) electrons. The maximum atomic E-state index is 12.0. The SMILES string of the molecule is Cc1cccc(NC(=O)CSc2n[nH]c(N/N=C\c3ccco3)n2)c1. The fourth-order valence-electron chi connectivity index (χ4n) is 1.93. The third-order valence-electron chi connectivity index (χ3n) is 3.00. The summed E-state index contributed by atoms with van der Waals surface area (Å²) in [4.78, 5) is 16.1. The van der Waals surface area contributed by atoms with Crippen LogP contribution in [0.5, 0.6) is 0 Å². The molecular formula is C16H16N6O2S. The Labute approximate surface area is 148 Å². The van der Waals surface area contributed by atoms with E-state index in [-0.39, 0.29) is 11.7 Å². The maximum Gasteiger partial charge on any atom is 0.240 e. The number of H-pyrrole nitrogens is 1. The van der Waals surface area contributed by atoms with Crippen molar-refractivity contribution in [3.63, 3.8) is 0 Å². The highest BCUT2D eigenvalue weighted by atomic mass is 32.2. The van der Waals surface area contributed by atoms with Crippen LogP contribution in [-0.2, 0) is 4.79 Å². The fourth-order valence-corrected chi connectivity index (χ4v) is 2.53. The summed E-state index contributed by atoms with van der Waals surface area (Å²) >= 11 is 1.23. The Hall–Kier alpha value is -3.07. The van der Waals surface area contributed by atoms with E-state index in [1.165, 1.54) is 18.0 Å². The van der Waals surface area contributed by atoms with Crippen LogP contribution in [0.4, 0.5) is 11.6 Å². The number of aromatic amines is 1. The number of hydrogen-bond acceptors (Lipinski definition) is 7. The predicted octanol–water partition coefficient (Wildman–Crippen LogP) is 2.88. The van der Waals surface area contributed by atoms with Gasteiger partial charge in [0.2, 0.25) is 17.0 Å². The summed E-state index contributed by atoms with van der Waals surface area (Å²) in [5.41, 5.74) is 4.56. The van der Waals surface area contributed by atoms with Gasteiger partial charge in [0, 0.05) is 5.69 Å². The van der Waals surface area contributed by atoms with Crippen LogP contribution < -0.4 is 10.7 Å². The third-order valence-corrected chi connectivity index (χ3v) is 3.85. The lowest BCUT2D eigenvalue weighted by Crippen LogP contribution is -2.14. The van der Waals surface area contributed by atoms with E-state index in [0.717, 1.165) is 11.3 Å². The van der Waals surface area contributed by atoms with Crippen molar-refractivity contribution < 1.29 is 9.21 Å². The summed E-state index contributed by atoms with van der Waals surface area (Å²) in [5, 5.41) is 14.0. The lowest BCUT2D eigenvalue weighted by molar-refractivity contribution is -0.113. The molecule has 0 saturated carbocycles. The van der Waals surface area contributed by atoms with Gasteiger partial charge in [0.25, 0.3) is 0 Å². The van der Waals surface area contributed by atoms with Crippen LogP contribution in [-0.4, -0.2) is 33.1 Å². The second-order valence-electron chi connectivity index (χ2n) is 5.06. The second-order valence-corrected chi connectivity index (χ2v) is 6.00. The first-order valence-corrected chi connectivity index (χ1v) is 8.42. The molecule has 1 amide bonds. The van der Waals surface area contributed by atoms with Gasteiger partial charge in [-0.05, 0) is 36.8 Å². The van der Waals surface area contributed by atoms with Crippen molar-refractivity contribution in [1.29, 1.82) is 0 Å². The Balaban J connectivity index is 1.45. The average molecular weight is 356 g/mol. The minimum Gasteiger partial charge on any atom is -0.463 e. The number of rotatable bonds is 7. The van der Waals surface area contributed by atoms with Gasteiger partial charge in [-0.25, -0.2) is 10.5 Å². The minimum atomic E-state index is -0.120. The first-order chi connectivity index (χ1) is 12.2. The molecule has 3 N–H and O–H groups in total. The van der Waals surface area contributed by atoms with E-state index in [0.29, 0.717) is 16.9 Å². The molecule has 2 heterocycles. The van der Waals surface area contributed by atoms with Crippen LogP contribution in [0.15, 0.2) is 57.3 Å². The minimum absolute atomic E-state index is 0.120. The van der Waals surface area contributed by atoms with Gasteiger partial charge in [-0.15, -0.1) is 5.10 Å². The molecule has 0 aliphatic heterocycles. The summed E-state index contributed by atoms with van der Waals surface area (Å²) < 4.78 is 5.11. The number of thioether (sulfide) groups is 1. The van der Waals surface area contributed by atoms with E-state index in [1.807, 2.05) is 31.2 Å². The van der Waals surface area contributed by atoms with Gasteiger partial charge in [-0.3, -0.25) is 4.79 Å². The molecule has 1 aromatic carbocycles. The molecule has 0 aliphatic rings. The molecule has 3 aromatic rings. The van der Waals surface area contributed by atoms with Crippen LogP contribution in [0.3, 0.4) is 0 Å². The van der Waals surface area contributed by atoms with Gasteiger partial charge < -0.3 is 9.73 Å². The Kier molecular flexibility index (Phi) is 5.47. The van der Waals surface area contributed by atoms with E-state index in [4.69, 9.17) is 4.42 Å². The standard InChI is InChI=1S/C16H16N6O2S/c1-11-4-2-5-12(8-11)18-14(23)10-25-16-19-15(21-22-16)20-17-9-13-6-3-7-24-13/h2-9H,10H2,1H3,(H,18,23)(H2,19,20,21,22)/b17-9-. The van der Waals surface area contributed by atoms with E-state index >= 15 is 0 Å². The molecule has 2 aromatic heterocycles. The molecule has 0 spiro atoms. The first-order valence-electron chi connectivity index (χ1n) is 7.43. The Bertz CT molecular complexity index is 859. The average Bonchev–Trinajstić information content (AvgIpc) is 3.25. The molecule has 0 unspecified atom stereocenters. The smallest absolute Gasteiger partial charge is 0.240 e. The van der Waals surface area contributed by atoms with Gasteiger partial charge in [0.1, 0.15) is 5.76 Å². The van der Waals surface area contributed by atoms with Crippen LogP contribution in [0, 0.1) is 6.92 Å². The van der Waals surface area contributed by atoms with E-state index < -0.39 is 0 Å². The number of aryl methyl sites for hydroxylation is 1. The van der Waals surface area contributed by atoms with Gasteiger partial charge in [0.05, 0.1) is 18.2 Å².